The second kappa shape index (κ2) is 5.16. The minimum atomic E-state index is -0.714. The Balaban J connectivity index is 2.23. The largest absolute Gasteiger partial charge is 0.497 e. The molecule has 2 unspecified atom stereocenters. The van der Waals surface area contributed by atoms with Gasteiger partial charge in [0.2, 0.25) is 0 Å². The van der Waals surface area contributed by atoms with Gasteiger partial charge in [0.1, 0.15) is 5.75 Å². The zero-order valence-electron chi connectivity index (χ0n) is 11.3. The van der Waals surface area contributed by atoms with Gasteiger partial charge in [0.25, 0.3) is 0 Å². The number of nitrogens with one attached hydrogen (secondary N) is 1. The molecule has 0 amide bonds. The van der Waals surface area contributed by atoms with Crippen LogP contribution in [0.5, 0.6) is 5.75 Å². The predicted molar refractivity (Wildman–Crippen MR) is 73.3 cm³/mol. The summed E-state index contributed by atoms with van der Waals surface area (Å²) in [6, 6.07) is 8.32. The molecule has 2 N–H and O–H groups in total. The van der Waals surface area contributed by atoms with E-state index < -0.39 is 5.60 Å². The van der Waals surface area contributed by atoms with Crippen LogP contribution in [-0.4, -0.2) is 43.5 Å². The third-order valence-electron chi connectivity index (χ3n) is 3.28. The van der Waals surface area contributed by atoms with Crippen LogP contribution in [0.4, 0.5) is 5.69 Å². The van der Waals surface area contributed by atoms with E-state index in [4.69, 9.17) is 4.74 Å². The fourth-order valence-corrected chi connectivity index (χ4v) is 2.32. The molecule has 0 saturated carbocycles. The molecule has 0 bridgehead atoms. The Hall–Kier alpha value is -1.26. The van der Waals surface area contributed by atoms with Crippen LogP contribution in [0.25, 0.3) is 0 Å². The Morgan fingerprint density at radius 3 is 3.00 bits per heavy atom. The number of nitrogens with zero attached hydrogens (tertiary/aromatic N) is 1. The third-order valence-corrected chi connectivity index (χ3v) is 3.28. The summed E-state index contributed by atoms with van der Waals surface area (Å²) in [6.07, 6.45) is 0. The lowest BCUT2D eigenvalue weighted by Gasteiger charge is -2.30. The summed E-state index contributed by atoms with van der Waals surface area (Å²) in [4.78, 5) is 2.20. The maximum Gasteiger partial charge on any atom is 0.120 e. The van der Waals surface area contributed by atoms with Gasteiger partial charge in [-0.25, -0.2) is 0 Å². The van der Waals surface area contributed by atoms with Crippen molar-refractivity contribution in [1.82, 2.24) is 5.32 Å². The molecule has 1 saturated heterocycles. The van der Waals surface area contributed by atoms with E-state index in [0.717, 1.165) is 18.0 Å². The van der Waals surface area contributed by atoms with Gasteiger partial charge in [0.05, 0.1) is 12.7 Å². The molecule has 1 fully saturated rings. The smallest absolute Gasteiger partial charge is 0.120 e. The lowest BCUT2D eigenvalue weighted by molar-refractivity contribution is 0.0718. The van der Waals surface area contributed by atoms with Crippen molar-refractivity contribution >= 4 is 5.69 Å². The molecule has 4 heteroatoms. The van der Waals surface area contributed by atoms with Gasteiger partial charge >= 0.3 is 0 Å². The van der Waals surface area contributed by atoms with Crippen LogP contribution in [-0.2, 0) is 0 Å². The summed E-state index contributed by atoms with van der Waals surface area (Å²) < 4.78 is 5.25. The third kappa shape index (κ3) is 3.15. The van der Waals surface area contributed by atoms with E-state index in [1.165, 1.54) is 0 Å². The average Bonchev–Trinajstić information content (AvgIpc) is 2.48. The van der Waals surface area contributed by atoms with E-state index in [9.17, 15) is 5.11 Å². The van der Waals surface area contributed by atoms with Gasteiger partial charge < -0.3 is 20.1 Å². The van der Waals surface area contributed by atoms with Gasteiger partial charge in [-0.15, -0.1) is 0 Å². The first-order valence-corrected chi connectivity index (χ1v) is 6.35. The van der Waals surface area contributed by atoms with Gasteiger partial charge in [-0.05, 0) is 26.0 Å². The van der Waals surface area contributed by atoms with Gasteiger partial charge in [-0.2, -0.15) is 0 Å². The van der Waals surface area contributed by atoms with Crippen molar-refractivity contribution in [2.75, 3.05) is 31.6 Å². The Bertz CT molecular complexity index is 407. The molecule has 1 aromatic carbocycles. The number of β-amino-alcohol motifs (C(OH)–C–C–N with tert-alkyl or cyclic N) is 1. The molecule has 4 nitrogen and oxygen atoms in total. The van der Waals surface area contributed by atoms with Crippen LogP contribution >= 0.6 is 0 Å². The Labute approximate surface area is 109 Å². The second-order valence-corrected chi connectivity index (χ2v) is 5.36. The van der Waals surface area contributed by atoms with Crippen molar-refractivity contribution in [2.24, 2.45) is 0 Å². The molecule has 2 atom stereocenters. The van der Waals surface area contributed by atoms with Gasteiger partial charge in [-0.3, -0.25) is 0 Å². The summed E-state index contributed by atoms with van der Waals surface area (Å²) in [5.74, 6) is 0.844. The molecule has 2 rings (SSSR count). The van der Waals surface area contributed by atoms with Gasteiger partial charge in [-0.1, -0.05) is 6.07 Å². The number of ether oxygens (including phenoxy) is 1. The zero-order valence-corrected chi connectivity index (χ0v) is 11.3. The maximum absolute atomic E-state index is 10.3. The van der Waals surface area contributed by atoms with E-state index in [0.29, 0.717) is 19.1 Å². The molecular weight excluding hydrogens is 228 g/mol. The molecule has 0 radical (unpaired) electrons. The summed E-state index contributed by atoms with van der Waals surface area (Å²) in [5.41, 5.74) is 0.374. The van der Waals surface area contributed by atoms with Crippen LogP contribution in [0, 0.1) is 0 Å². The molecule has 18 heavy (non-hydrogen) atoms. The number of benzene rings is 1. The Morgan fingerprint density at radius 1 is 1.50 bits per heavy atom. The number of hydrogen-bond donors (Lipinski definition) is 2. The standard InChI is InChI=1S/C14H22N2O2/c1-11-8-16(10-14(2,17)9-15-11)12-5-4-6-13(7-12)18-3/h4-7,11,15,17H,8-10H2,1-3H3. The van der Waals surface area contributed by atoms with Crippen LogP contribution in [0.3, 0.4) is 0 Å². The minimum absolute atomic E-state index is 0.352. The summed E-state index contributed by atoms with van der Waals surface area (Å²) >= 11 is 0. The zero-order chi connectivity index (χ0) is 13.2. The number of anilines is 1. The number of aliphatic hydroxyl groups is 1. The highest BCUT2D eigenvalue weighted by atomic mass is 16.5. The molecule has 1 aliphatic heterocycles. The quantitative estimate of drug-likeness (QED) is 0.829. The van der Waals surface area contributed by atoms with Gasteiger partial charge in [0, 0.05) is 37.4 Å². The van der Waals surface area contributed by atoms with Crippen molar-refractivity contribution in [2.45, 2.75) is 25.5 Å². The summed E-state index contributed by atoms with van der Waals surface area (Å²) in [6.45, 7) is 6.12. The highest BCUT2D eigenvalue weighted by Crippen LogP contribution is 2.24. The normalized spacial score (nSPS) is 28.9. The van der Waals surface area contributed by atoms with Crippen LogP contribution in [0.15, 0.2) is 24.3 Å². The minimum Gasteiger partial charge on any atom is -0.497 e. The lowest BCUT2D eigenvalue weighted by Crippen LogP contribution is -2.43. The Morgan fingerprint density at radius 2 is 2.28 bits per heavy atom. The van der Waals surface area contributed by atoms with E-state index in [-0.39, 0.29) is 0 Å². The molecule has 1 heterocycles. The average molecular weight is 250 g/mol. The molecule has 0 spiro atoms. The molecule has 1 aromatic rings. The molecular formula is C14H22N2O2. The number of hydrogen-bond acceptors (Lipinski definition) is 4. The summed E-state index contributed by atoms with van der Waals surface area (Å²) in [7, 11) is 1.67. The fourth-order valence-electron chi connectivity index (χ4n) is 2.32. The highest BCUT2D eigenvalue weighted by molar-refractivity contribution is 5.51. The first-order valence-electron chi connectivity index (χ1n) is 6.35. The van der Waals surface area contributed by atoms with E-state index in [1.807, 2.05) is 25.1 Å². The predicted octanol–water partition coefficient (Wildman–Crippen LogP) is 1.24. The van der Waals surface area contributed by atoms with E-state index in [1.54, 1.807) is 7.11 Å². The van der Waals surface area contributed by atoms with Gasteiger partial charge in [0.15, 0.2) is 0 Å². The molecule has 1 aliphatic rings. The van der Waals surface area contributed by atoms with Crippen molar-refractivity contribution in [3.8, 4) is 5.75 Å². The number of methoxy groups -OCH3 is 1. The summed E-state index contributed by atoms with van der Waals surface area (Å²) in [5, 5.41) is 13.6. The second-order valence-electron chi connectivity index (χ2n) is 5.36. The van der Waals surface area contributed by atoms with Crippen molar-refractivity contribution in [3.63, 3.8) is 0 Å². The molecule has 0 aliphatic carbocycles. The van der Waals surface area contributed by atoms with Crippen molar-refractivity contribution in [1.29, 1.82) is 0 Å². The first kappa shape index (κ1) is 13.2. The van der Waals surface area contributed by atoms with E-state index in [2.05, 4.69) is 23.2 Å². The van der Waals surface area contributed by atoms with Crippen LogP contribution < -0.4 is 15.0 Å². The fraction of sp³-hybridized carbons (Fsp3) is 0.571. The first-order chi connectivity index (χ1) is 8.50. The number of rotatable bonds is 2. The monoisotopic (exact) mass is 250 g/mol. The Kier molecular flexibility index (Phi) is 3.78. The van der Waals surface area contributed by atoms with Crippen LogP contribution in [0.1, 0.15) is 13.8 Å². The molecule has 100 valence electrons. The molecule has 0 aromatic heterocycles. The van der Waals surface area contributed by atoms with Crippen molar-refractivity contribution in [3.05, 3.63) is 24.3 Å². The lowest BCUT2D eigenvalue weighted by atomic mass is 10.1. The van der Waals surface area contributed by atoms with Crippen LogP contribution in [0.2, 0.25) is 0 Å². The highest BCUT2D eigenvalue weighted by Gasteiger charge is 2.29. The maximum atomic E-state index is 10.3. The SMILES string of the molecule is COc1cccc(N2CC(C)NCC(C)(O)C2)c1. The van der Waals surface area contributed by atoms with Crippen molar-refractivity contribution < 1.29 is 9.84 Å². The topological polar surface area (TPSA) is 44.7 Å². The van der Waals surface area contributed by atoms with E-state index >= 15 is 0 Å².